The van der Waals surface area contributed by atoms with Gasteiger partial charge in [0.2, 0.25) is 5.91 Å². The molecule has 1 aromatic heterocycles. The van der Waals surface area contributed by atoms with Gasteiger partial charge in [0, 0.05) is 44.9 Å². The van der Waals surface area contributed by atoms with Gasteiger partial charge in [0.05, 0.1) is 5.56 Å². The summed E-state index contributed by atoms with van der Waals surface area (Å²) < 4.78 is 1.39. The van der Waals surface area contributed by atoms with E-state index in [4.69, 9.17) is 0 Å². The van der Waals surface area contributed by atoms with Gasteiger partial charge in [0.1, 0.15) is 0 Å². The number of nitrogens with zero attached hydrogens (tertiary/aromatic N) is 2. The van der Waals surface area contributed by atoms with Crippen LogP contribution in [-0.4, -0.2) is 40.9 Å². The number of rotatable bonds is 4. The van der Waals surface area contributed by atoms with Crippen molar-refractivity contribution in [2.45, 2.75) is 39.3 Å². The lowest BCUT2D eigenvalue weighted by Crippen LogP contribution is -2.41. The monoisotopic (exact) mass is 293 g/mol. The molecular formula is C15H23N3O3. The van der Waals surface area contributed by atoms with Crippen LogP contribution in [0.1, 0.15) is 37.6 Å². The Morgan fingerprint density at radius 3 is 2.38 bits per heavy atom. The molecule has 1 rings (SSSR count). The van der Waals surface area contributed by atoms with Crippen LogP contribution in [0.25, 0.3) is 0 Å². The Morgan fingerprint density at radius 1 is 1.24 bits per heavy atom. The zero-order valence-electron chi connectivity index (χ0n) is 13.3. The molecule has 0 unspecified atom stereocenters. The van der Waals surface area contributed by atoms with Crippen LogP contribution in [0.4, 0.5) is 0 Å². The summed E-state index contributed by atoms with van der Waals surface area (Å²) in [4.78, 5) is 36.9. The Kier molecular flexibility index (Phi) is 5.29. The fraction of sp³-hybridized carbons (Fsp3) is 0.533. The van der Waals surface area contributed by atoms with Gasteiger partial charge in [-0.3, -0.25) is 14.4 Å². The zero-order valence-corrected chi connectivity index (χ0v) is 13.3. The van der Waals surface area contributed by atoms with Gasteiger partial charge in [-0.1, -0.05) is 0 Å². The highest BCUT2D eigenvalue weighted by Crippen LogP contribution is 2.04. The van der Waals surface area contributed by atoms with Crippen LogP contribution >= 0.6 is 0 Å². The van der Waals surface area contributed by atoms with Crippen LogP contribution in [0.15, 0.2) is 23.1 Å². The molecule has 6 heteroatoms. The maximum atomic E-state index is 12.1. The molecule has 0 fully saturated rings. The van der Waals surface area contributed by atoms with Gasteiger partial charge >= 0.3 is 0 Å². The van der Waals surface area contributed by atoms with E-state index >= 15 is 0 Å². The second kappa shape index (κ2) is 6.56. The van der Waals surface area contributed by atoms with Crippen LogP contribution in [0.3, 0.4) is 0 Å². The molecule has 1 heterocycles. The summed E-state index contributed by atoms with van der Waals surface area (Å²) >= 11 is 0. The van der Waals surface area contributed by atoms with E-state index in [0.29, 0.717) is 5.56 Å². The Labute approximate surface area is 124 Å². The number of nitrogens with one attached hydrogen (secondary N) is 1. The van der Waals surface area contributed by atoms with Gasteiger partial charge in [0.15, 0.2) is 0 Å². The van der Waals surface area contributed by atoms with Gasteiger partial charge in [-0.2, -0.15) is 0 Å². The Balaban J connectivity index is 2.87. The molecule has 0 saturated carbocycles. The van der Waals surface area contributed by atoms with Gasteiger partial charge in [-0.25, -0.2) is 0 Å². The van der Waals surface area contributed by atoms with E-state index in [9.17, 15) is 14.4 Å². The third kappa shape index (κ3) is 5.41. The molecule has 0 bridgehead atoms. The van der Waals surface area contributed by atoms with Crippen molar-refractivity contribution >= 4 is 11.8 Å². The first-order valence-electron chi connectivity index (χ1n) is 6.83. The molecule has 6 nitrogen and oxygen atoms in total. The number of pyridine rings is 1. The highest BCUT2D eigenvalue weighted by Gasteiger charge is 2.16. The molecule has 1 N–H and O–H groups in total. The van der Waals surface area contributed by atoms with Crippen molar-refractivity contribution in [1.29, 1.82) is 0 Å². The highest BCUT2D eigenvalue weighted by atomic mass is 16.2. The quantitative estimate of drug-likeness (QED) is 0.895. The Bertz CT molecular complexity index is 583. The molecule has 21 heavy (non-hydrogen) atoms. The normalized spacial score (nSPS) is 11.1. The van der Waals surface area contributed by atoms with Gasteiger partial charge in [-0.05, 0) is 26.8 Å². The summed E-state index contributed by atoms with van der Waals surface area (Å²) in [6, 6.07) is 2.84. The molecule has 2 amide bonds. The van der Waals surface area contributed by atoms with Gasteiger partial charge in [-0.15, -0.1) is 0 Å². The third-order valence-corrected chi connectivity index (χ3v) is 2.80. The van der Waals surface area contributed by atoms with Crippen LogP contribution in [-0.2, 0) is 11.3 Å². The first kappa shape index (κ1) is 16.9. The number of carbonyl (C=O) groups is 2. The SMILES string of the molecule is CN(C)C(=O)CCn1cc(C(=O)NC(C)(C)C)ccc1=O. The van der Waals surface area contributed by atoms with E-state index in [1.54, 1.807) is 14.1 Å². The molecule has 0 aliphatic carbocycles. The minimum Gasteiger partial charge on any atom is -0.349 e. The van der Waals surface area contributed by atoms with Crippen LogP contribution in [0.2, 0.25) is 0 Å². The summed E-state index contributed by atoms with van der Waals surface area (Å²) in [5, 5.41) is 2.84. The average molecular weight is 293 g/mol. The van der Waals surface area contributed by atoms with E-state index < -0.39 is 0 Å². The minimum atomic E-state index is -0.348. The molecule has 1 aromatic rings. The fourth-order valence-corrected chi connectivity index (χ4v) is 1.69. The number of hydrogen-bond donors (Lipinski definition) is 1. The summed E-state index contributed by atoms with van der Waals surface area (Å²) in [5.41, 5.74) is -0.172. The number of aromatic nitrogens is 1. The lowest BCUT2D eigenvalue weighted by Gasteiger charge is -2.20. The van der Waals surface area contributed by atoms with Crippen LogP contribution in [0, 0.1) is 0 Å². The summed E-state index contributed by atoms with van der Waals surface area (Å²) in [5.74, 6) is -0.304. The van der Waals surface area contributed by atoms with Crippen molar-refractivity contribution in [3.05, 3.63) is 34.2 Å². The van der Waals surface area contributed by atoms with Gasteiger partial charge in [0.25, 0.3) is 11.5 Å². The first-order chi connectivity index (χ1) is 9.60. The molecule has 0 aromatic carbocycles. The van der Waals surface area contributed by atoms with Crippen molar-refractivity contribution in [2.75, 3.05) is 14.1 Å². The highest BCUT2D eigenvalue weighted by molar-refractivity contribution is 5.94. The number of amides is 2. The van der Waals surface area contributed by atoms with E-state index in [-0.39, 0.29) is 35.9 Å². The average Bonchev–Trinajstić information content (AvgIpc) is 2.35. The summed E-state index contributed by atoms with van der Waals surface area (Å²) in [6.07, 6.45) is 1.71. The summed E-state index contributed by atoms with van der Waals surface area (Å²) in [6.45, 7) is 5.91. The molecule has 0 radical (unpaired) electrons. The third-order valence-electron chi connectivity index (χ3n) is 2.80. The number of carbonyl (C=O) groups excluding carboxylic acids is 2. The minimum absolute atomic E-state index is 0.0635. The largest absolute Gasteiger partial charge is 0.349 e. The molecule has 0 aliphatic heterocycles. The molecule has 0 atom stereocenters. The van der Waals surface area contributed by atoms with Crippen molar-refractivity contribution in [3.8, 4) is 0 Å². The molecule has 0 aliphatic rings. The van der Waals surface area contributed by atoms with Crippen LogP contribution in [0.5, 0.6) is 0 Å². The van der Waals surface area contributed by atoms with Crippen molar-refractivity contribution in [1.82, 2.24) is 14.8 Å². The second-order valence-corrected chi connectivity index (χ2v) is 6.19. The van der Waals surface area contributed by atoms with E-state index in [1.807, 2.05) is 20.8 Å². The lowest BCUT2D eigenvalue weighted by molar-refractivity contribution is -0.128. The zero-order chi connectivity index (χ0) is 16.2. The topological polar surface area (TPSA) is 71.4 Å². The molecule has 0 saturated heterocycles. The molecular weight excluding hydrogens is 270 g/mol. The lowest BCUT2D eigenvalue weighted by atomic mass is 10.1. The van der Waals surface area contributed by atoms with E-state index in [0.717, 1.165) is 0 Å². The van der Waals surface area contributed by atoms with Gasteiger partial charge < -0.3 is 14.8 Å². The predicted molar refractivity (Wildman–Crippen MR) is 81.2 cm³/mol. The maximum Gasteiger partial charge on any atom is 0.253 e. The summed E-state index contributed by atoms with van der Waals surface area (Å²) in [7, 11) is 3.33. The van der Waals surface area contributed by atoms with E-state index in [2.05, 4.69) is 5.32 Å². The molecule has 0 spiro atoms. The van der Waals surface area contributed by atoms with Crippen LogP contribution < -0.4 is 10.9 Å². The Hall–Kier alpha value is -2.11. The Morgan fingerprint density at radius 2 is 1.86 bits per heavy atom. The van der Waals surface area contributed by atoms with E-state index in [1.165, 1.54) is 27.8 Å². The first-order valence-corrected chi connectivity index (χ1v) is 6.83. The van der Waals surface area contributed by atoms with Crippen molar-refractivity contribution < 1.29 is 9.59 Å². The maximum absolute atomic E-state index is 12.1. The molecule has 116 valence electrons. The number of aryl methyl sites for hydroxylation is 1. The second-order valence-electron chi connectivity index (χ2n) is 6.19. The fourth-order valence-electron chi connectivity index (χ4n) is 1.69. The van der Waals surface area contributed by atoms with Crippen molar-refractivity contribution in [2.24, 2.45) is 0 Å². The predicted octanol–water partition coefficient (Wildman–Crippen LogP) is 0.855. The smallest absolute Gasteiger partial charge is 0.253 e. The van der Waals surface area contributed by atoms with Crippen molar-refractivity contribution in [3.63, 3.8) is 0 Å². The standard InChI is InChI=1S/C15H23N3O3/c1-15(2,3)16-14(21)11-6-7-13(20)18(10-11)9-8-12(19)17(4)5/h6-7,10H,8-9H2,1-5H3,(H,16,21). The number of hydrogen-bond acceptors (Lipinski definition) is 3.